The van der Waals surface area contributed by atoms with Crippen molar-refractivity contribution in [3.8, 4) is 0 Å². The van der Waals surface area contributed by atoms with Crippen molar-refractivity contribution >= 4 is 34.6 Å². The number of amides is 1. The van der Waals surface area contributed by atoms with Crippen LogP contribution in [-0.2, 0) is 17.8 Å². The lowest BCUT2D eigenvalue weighted by Crippen LogP contribution is -2.20. The first-order valence-corrected chi connectivity index (χ1v) is 10.6. The van der Waals surface area contributed by atoms with E-state index in [1.165, 1.54) is 0 Å². The highest BCUT2D eigenvalue weighted by atomic mass is 35.5. The fraction of sp³-hybridized carbons (Fsp3) is 0.154. The number of hydrazone groups is 1. The highest BCUT2D eigenvalue weighted by Gasteiger charge is 2.08. The number of halogens is 1. The smallest absolute Gasteiger partial charge is 0.244 e. The van der Waals surface area contributed by atoms with Gasteiger partial charge in [0.05, 0.1) is 12.6 Å². The lowest BCUT2D eigenvalue weighted by Gasteiger charge is -2.06. The average molecular weight is 430 g/mol. The fourth-order valence-corrected chi connectivity index (χ4v) is 3.80. The summed E-state index contributed by atoms with van der Waals surface area (Å²) in [6.07, 6.45) is 4.07. The third kappa shape index (κ3) is 5.04. The third-order valence-corrected chi connectivity index (χ3v) is 5.59. The SMILES string of the molecule is Cc1ccc(C)c(CC(=O)N/N=C\c2cn(Cc3ccc(Cl)cc3)c3ccccc23)c1. The van der Waals surface area contributed by atoms with Crippen molar-refractivity contribution in [2.24, 2.45) is 5.10 Å². The molecular weight excluding hydrogens is 406 g/mol. The summed E-state index contributed by atoms with van der Waals surface area (Å²) < 4.78 is 2.18. The van der Waals surface area contributed by atoms with Crippen LogP contribution in [0.15, 0.2) is 78.0 Å². The molecule has 0 saturated carbocycles. The number of carbonyl (C=O) groups is 1. The minimum absolute atomic E-state index is 0.130. The molecule has 0 aliphatic heterocycles. The van der Waals surface area contributed by atoms with Crippen molar-refractivity contribution in [1.29, 1.82) is 0 Å². The summed E-state index contributed by atoms with van der Waals surface area (Å²) in [7, 11) is 0. The zero-order chi connectivity index (χ0) is 21.8. The normalized spacial score (nSPS) is 11.3. The van der Waals surface area contributed by atoms with Crippen molar-refractivity contribution in [1.82, 2.24) is 9.99 Å². The molecular formula is C26H24ClN3O. The van der Waals surface area contributed by atoms with Gasteiger partial charge in [-0.3, -0.25) is 4.79 Å². The molecule has 31 heavy (non-hydrogen) atoms. The van der Waals surface area contributed by atoms with Crippen molar-refractivity contribution < 1.29 is 4.79 Å². The Bertz CT molecular complexity index is 1260. The minimum Gasteiger partial charge on any atom is -0.342 e. The monoisotopic (exact) mass is 429 g/mol. The van der Waals surface area contributed by atoms with Crippen LogP contribution in [0.25, 0.3) is 10.9 Å². The van der Waals surface area contributed by atoms with Gasteiger partial charge in [-0.25, -0.2) is 5.43 Å². The number of hydrogen-bond donors (Lipinski definition) is 1. The zero-order valence-corrected chi connectivity index (χ0v) is 18.4. The van der Waals surface area contributed by atoms with E-state index in [0.717, 1.165) is 50.3 Å². The van der Waals surface area contributed by atoms with Crippen LogP contribution < -0.4 is 5.43 Å². The molecule has 3 aromatic carbocycles. The van der Waals surface area contributed by atoms with E-state index in [1.807, 2.05) is 62.4 Å². The number of nitrogens with one attached hydrogen (secondary N) is 1. The van der Waals surface area contributed by atoms with E-state index in [2.05, 4.69) is 39.5 Å². The van der Waals surface area contributed by atoms with Gasteiger partial charge in [-0.2, -0.15) is 5.10 Å². The van der Waals surface area contributed by atoms with Crippen molar-refractivity contribution in [2.75, 3.05) is 0 Å². The van der Waals surface area contributed by atoms with Gasteiger partial charge in [0, 0.05) is 34.2 Å². The Hall–Kier alpha value is -3.37. The number of nitrogens with zero attached hydrogens (tertiary/aromatic N) is 2. The Morgan fingerprint density at radius 2 is 1.84 bits per heavy atom. The van der Waals surface area contributed by atoms with Gasteiger partial charge in [0.15, 0.2) is 0 Å². The van der Waals surface area contributed by atoms with Crippen LogP contribution >= 0.6 is 11.6 Å². The van der Waals surface area contributed by atoms with Crippen LogP contribution in [0.1, 0.15) is 27.8 Å². The summed E-state index contributed by atoms with van der Waals surface area (Å²) >= 11 is 6.01. The standard InChI is InChI=1S/C26H24ClN3O/c1-18-7-8-19(2)21(13-18)14-26(31)29-28-15-22-17-30(25-6-4-3-5-24(22)25)16-20-9-11-23(27)12-10-20/h3-13,15,17H,14,16H2,1-2H3,(H,29,31)/b28-15-. The quantitative estimate of drug-likeness (QED) is 0.312. The molecule has 1 amide bonds. The molecule has 5 heteroatoms. The first-order valence-electron chi connectivity index (χ1n) is 10.2. The first kappa shape index (κ1) is 20.9. The van der Waals surface area contributed by atoms with Gasteiger partial charge in [0.1, 0.15) is 0 Å². The second-order valence-corrected chi connectivity index (χ2v) is 8.19. The van der Waals surface area contributed by atoms with E-state index in [1.54, 1.807) is 6.21 Å². The first-order chi connectivity index (χ1) is 15.0. The Morgan fingerprint density at radius 3 is 2.65 bits per heavy atom. The second-order valence-electron chi connectivity index (χ2n) is 7.76. The van der Waals surface area contributed by atoms with Crippen LogP contribution in [-0.4, -0.2) is 16.7 Å². The maximum atomic E-state index is 12.4. The molecule has 0 unspecified atom stereocenters. The second kappa shape index (κ2) is 9.19. The van der Waals surface area contributed by atoms with E-state index < -0.39 is 0 Å². The van der Waals surface area contributed by atoms with E-state index in [-0.39, 0.29) is 5.91 Å². The molecule has 0 fully saturated rings. The summed E-state index contributed by atoms with van der Waals surface area (Å²) in [6, 6.07) is 22.2. The van der Waals surface area contributed by atoms with Crippen LogP contribution in [0.5, 0.6) is 0 Å². The number of hydrogen-bond acceptors (Lipinski definition) is 2. The molecule has 1 aromatic heterocycles. The van der Waals surface area contributed by atoms with Crippen molar-refractivity contribution in [2.45, 2.75) is 26.8 Å². The number of carbonyl (C=O) groups excluding carboxylic acids is 1. The van der Waals surface area contributed by atoms with Gasteiger partial charge < -0.3 is 4.57 Å². The molecule has 1 N–H and O–H groups in total. The maximum absolute atomic E-state index is 12.4. The predicted octanol–water partition coefficient (Wildman–Crippen LogP) is 5.65. The number of rotatable bonds is 6. The van der Waals surface area contributed by atoms with Crippen LogP contribution in [0.2, 0.25) is 5.02 Å². The van der Waals surface area contributed by atoms with Gasteiger partial charge in [0.25, 0.3) is 0 Å². The van der Waals surface area contributed by atoms with Gasteiger partial charge in [-0.05, 0) is 48.7 Å². The minimum atomic E-state index is -0.130. The average Bonchev–Trinajstić information content (AvgIpc) is 3.10. The molecule has 4 nitrogen and oxygen atoms in total. The summed E-state index contributed by atoms with van der Waals surface area (Å²) in [5.41, 5.74) is 9.16. The molecule has 0 spiro atoms. The van der Waals surface area contributed by atoms with Gasteiger partial charge in [0.2, 0.25) is 5.91 Å². The Morgan fingerprint density at radius 1 is 1.06 bits per heavy atom. The van der Waals surface area contributed by atoms with Crippen molar-refractivity contribution in [3.63, 3.8) is 0 Å². The van der Waals surface area contributed by atoms with E-state index in [0.29, 0.717) is 6.42 Å². The molecule has 156 valence electrons. The number of aromatic nitrogens is 1. The maximum Gasteiger partial charge on any atom is 0.244 e. The van der Waals surface area contributed by atoms with Gasteiger partial charge in [-0.15, -0.1) is 0 Å². The summed E-state index contributed by atoms with van der Waals surface area (Å²) in [6.45, 7) is 4.77. The molecule has 0 aliphatic rings. The molecule has 0 atom stereocenters. The summed E-state index contributed by atoms with van der Waals surface area (Å²) in [4.78, 5) is 12.4. The van der Waals surface area contributed by atoms with Gasteiger partial charge >= 0.3 is 0 Å². The molecule has 4 aromatic rings. The molecule has 0 bridgehead atoms. The van der Waals surface area contributed by atoms with E-state index in [9.17, 15) is 4.79 Å². The van der Waals surface area contributed by atoms with Crippen LogP contribution in [0, 0.1) is 13.8 Å². The number of para-hydroxylation sites is 1. The lowest BCUT2D eigenvalue weighted by molar-refractivity contribution is -0.120. The lowest BCUT2D eigenvalue weighted by atomic mass is 10.0. The third-order valence-electron chi connectivity index (χ3n) is 5.33. The molecule has 0 aliphatic carbocycles. The number of aryl methyl sites for hydroxylation is 2. The highest BCUT2D eigenvalue weighted by molar-refractivity contribution is 6.30. The van der Waals surface area contributed by atoms with Gasteiger partial charge in [-0.1, -0.05) is 65.7 Å². The molecule has 4 rings (SSSR count). The van der Waals surface area contributed by atoms with E-state index in [4.69, 9.17) is 11.6 Å². The van der Waals surface area contributed by atoms with Crippen LogP contribution in [0.4, 0.5) is 0 Å². The zero-order valence-electron chi connectivity index (χ0n) is 17.6. The largest absolute Gasteiger partial charge is 0.342 e. The van der Waals surface area contributed by atoms with E-state index >= 15 is 0 Å². The Labute approximate surface area is 187 Å². The highest BCUT2D eigenvalue weighted by Crippen LogP contribution is 2.22. The Kier molecular flexibility index (Phi) is 6.19. The predicted molar refractivity (Wildman–Crippen MR) is 128 cm³/mol. The summed E-state index contributed by atoms with van der Waals surface area (Å²) in [5.74, 6) is -0.130. The number of benzene rings is 3. The summed E-state index contributed by atoms with van der Waals surface area (Å²) in [5, 5.41) is 6.03. The Balaban J connectivity index is 1.50. The number of fused-ring (bicyclic) bond motifs is 1. The van der Waals surface area contributed by atoms with Crippen LogP contribution in [0.3, 0.4) is 0 Å². The fourth-order valence-electron chi connectivity index (χ4n) is 3.67. The van der Waals surface area contributed by atoms with Crippen molar-refractivity contribution in [3.05, 3.63) is 106 Å². The topological polar surface area (TPSA) is 46.4 Å². The molecule has 1 heterocycles. The molecule has 0 radical (unpaired) electrons. The molecule has 0 saturated heterocycles.